The molecule has 0 aliphatic carbocycles. The molecular formula is C17H22ClFO4Si. The Morgan fingerprint density at radius 2 is 1.96 bits per heavy atom. The SMILES string of the molecule is CCOC(=O)CC(=O)c1c(F)ccc(O[Si]C(C)(C)C(C)C)c1Cl. The predicted octanol–water partition coefficient (Wildman–Crippen LogP) is 4.47. The summed E-state index contributed by atoms with van der Waals surface area (Å²) in [6.07, 6.45) is -0.562. The first-order chi connectivity index (χ1) is 11.1. The quantitative estimate of drug-likeness (QED) is 0.292. The number of carbonyl (C=O) groups is 2. The third-order valence-electron chi connectivity index (χ3n) is 3.81. The van der Waals surface area contributed by atoms with Gasteiger partial charge in [-0.2, -0.15) is 0 Å². The van der Waals surface area contributed by atoms with Gasteiger partial charge in [0.15, 0.2) is 5.78 Å². The molecule has 0 aliphatic rings. The van der Waals surface area contributed by atoms with E-state index in [1.807, 2.05) is 0 Å². The van der Waals surface area contributed by atoms with Crippen molar-refractivity contribution in [2.24, 2.45) is 5.92 Å². The monoisotopic (exact) mass is 372 g/mol. The Bertz CT molecular complexity index is 617. The Morgan fingerprint density at radius 1 is 1.33 bits per heavy atom. The van der Waals surface area contributed by atoms with Crippen molar-refractivity contribution in [3.63, 3.8) is 0 Å². The van der Waals surface area contributed by atoms with Crippen LogP contribution in [0.15, 0.2) is 12.1 Å². The van der Waals surface area contributed by atoms with Gasteiger partial charge in [-0.15, -0.1) is 0 Å². The number of ketones is 1. The maximum atomic E-state index is 14.0. The Kier molecular flexibility index (Phi) is 7.42. The van der Waals surface area contributed by atoms with Gasteiger partial charge >= 0.3 is 15.7 Å². The lowest BCUT2D eigenvalue weighted by Crippen LogP contribution is -2.24. The number of carbonyl (C=O) groups excluding carboxylic acids is 2. The van der Waals surface area contributed by atoms with E-state index < -0.39 is 24.0 Å². The molecule has 0 amide bonds. The van der Waals surface area contributed by atoms with Gasteiger partial charge in [0.25, 0.3) is 0 Å². The number of rotatable bonds is 8. The first-order valence-corrected chi connectivity index (χ1v) is 8.99. The van der Waals surface area contributed by atoms with E-state index in [0.29, 0.717) is 5.92 Å². The highest BCUT2D eigenvalue weighted by molar-refractivity contribution is 6.37. The summed E-state index contributed by atoms with van der Waals surface area (Å²) in [6.45, 7) is 10.0. The van der Waals surface area contributed by atoms with Crippen LogP contribution in [0, 0.1) is 11.7 Å². The average molecular weight is 373 g/mol. The summed E-state index contributed by atoms with van der Waals surface area (Å²) in [6, 6.07) is 2.51. The minimum absolute atomic E-state index is 0.0860. The molecule has 0 N–H and O–H groups in total. The molecule has 0 aliphatic heterocycles. The molecule has 0 heterocycles. The minimum atomic E-state index is -0.784. The Balaban J connectivity index is 2.99. The van der Waals surface area contributed by atoms with Crippen LogP contribution in [0.4, 0.5) is 4.39 Å². The lowest BCUT2D eigenvalue weighted by Gasteiger charge is -2.27. The zero-order valence-electron chi connectivity index (χ0n) is 14.5. The molecule has 7 heteroatoms. The van der Waals surface area contributed by atoms with Crippen molar-refractivity contribution in [1.82, 2.24) is 0 Å². The molecule has 24 heavy (non-hydrogen) atoms. The minimum Gasteiger partial charge on any atom is -0.539 e. The van der Waals surface area contributed by atoms with E-state index in [1.54, 1.807) is 6.92 Å². The van der Waals surface area contributed by atoms with Crippen LogP contribution in [0.3, 0.4) is 0 Å². The van der Waals surface area contributed by atoms with Gasteiger partial charge < -0.3 is 9.16 Å². The van der Waals surface area contributed by atoms with Gasteiger partial charge in [-0.1, -0.05) is 39.3 Å². The van der Waals surface area contributed by atoms with E-state index in [9.17, 15) is 14.0 Å². The van der Waals surface area contributed by atoms with E-state index in [2.05, 4.69) is 27.7 Å². The number of hydrogen-bond donors (Lipinski definition) is 0. The second kappa shape index (κ2) is 8.62. The molecule has 0 bridgehead atoms. The molecule has 0 unspecified atom stereocenters. The first kappa shape index (κ1) is 20.6. The molecule has 0 saturated carbocycles. The van der Waals surface area contributed by atoms with Gasteiger partial charge in [0.2, 0.25) is 0 Å². The van der Waals surface area contributed by atoms with Crippen molar-refractivity contribution in [3.8, 4) is 5.75 Å². The molecule has 0 fully saturated rings. The van der Waals surface area contributed by atoms with Crippen molar-refractivity contribution >= 4 is 33.1 Å². The molecule has 0 spiro atoms. The summed E-state index contributed by atoms with van der Waals surface area (Å²) in [5, 5.41) is -0.205. The molecule has 4 nitrogen and oxygen atoms in total. The van der Waals surface area contributed by atoms with E-state index in [0.717, 1.165) is 6.07 Å². The highest BCUT2D eigenvalue weighted by Crippen LogP contribution is 2.36. The molecule has 2 radical (unpaired) electrons. The molecule has 1 rings (SSSR count). The van der Waals surface area contributed by atoms with Crippen molar-refractivity contribution in [2.45, 2.75) is 46.1 Å². The van der Waals surface area contributed by atoms with Gasteiger partial charge in [0, 0.05) is 0 Å². The van der Waals surface area contributed by atoms with Crippen LogP contribution in [0.1, 0.15) is 51.4 Å². The van der Waals surface area contributed by atoms with E-state index in [1.165, 1.54) is 6.07 Å². The van der Waals surface area contributed by atoms with Gasteiger partial charge in [0.05, 0.1) is 17.2 Å². The summed E-state index contributed by atoms with van der Waals surface area (Å²) in [5.74, 6) is -1.62. The standard InChI is InChI=1S/C17H22ClFO4Si/c1-6-22-14(21)9-12(20)15-11(19)7-8-13(16(15)18)23-24-17(4,5)10(2)3/h7-8,10H,6,9H2,1-5H3. The summed E-state index contributed by atoms with van der Waals surface area (Å²) >= 11 is 6.14. The van der Waals surface area contributed by atoms with Crippen molar-refractivity contribution < 1.29 is 23.1 Å². The van der Waals surface area contributed by atoms with Gasteiger partial charge in [-0.25, -0.2) is 4.39 Å². The van der Waals surface area contributed by atoms with Crippen LogP contribution in [-0.2, 0) is 9.53 Å². The molecule has 1 aromatic rings. The number of hydrogen-bond acceptors (Lipinski definition) is 4. The highest BCUT2D eigenvalue weighted by Gasteiger charge is 2.28. The number of ether oxygens (including phenoxy) is 1. The van der Waals surface area contributed by atoms with Crippen LogP contribution in [0.2, 0.25) is 10.1 Å². The summed E-state index contributed by atoms with van der Waals surface area (Å²) in [7, 11) is 0.0860. The number of halogens is 2. The average Bonchev–Trinajstić information content (AvgIpc) is 2.46. The normalized spacial score (nSPS) is 11.5. The zero-order chi connectivity index (χ0) is 18.5. The van der Waals surface area contributed by atoms with Gasteiger partial charge in [-0.3, -0.25) is 9.59 Å². The maximum Gasteiger partial charge on any atom is 0.317 e. The van der Waals surface area contributed by atoms with Crippen LogP contribution in [-0.4, -0.2) is 28.1 Å². The Labute approximate surface area is 149 Å². The molecular weight excluding hydrogens is 351 g/mol. The number of Topliss-reactive ketones (excluding diaryl/α,β-unsaturated/α-hetero) is 1. The van der Waals surface area contributed by atoms with E-state index in [-0.39, 0.29) is 37.7 Å². The summed E-state index contributed by atoms with van der Waals surface area (Å²) in [5.41, 5.74) is -0.339. The fourth-order valence-corrected chi connectivity index (χ4v) is 2.74. The lowest BCUT2D eigenvalue weighted by atomic mass is 9.99. The maximum absolute atomic E-state index is 14.0. The topological polar surface area (TPSA) is 52.6 Å². The fraction of sp³-hybridized carbons (Fsp3) is 0.529. The smallest absolute Gasteiger partial charge is 0.317 e. The van der Waals surface area contributed by atoms with Crippen LogP contribution >= 0.6 is 11.6 Å². The molecule has 132 valence electrons. The first-order valence-electron chi connectivity index (χ1n) is 7.71. The fourth-order valence-electron chi connectivity index (χ4n) is 1.60. The second-order valence-corrected chi connectivity index (χ2v) is 8.29. The molecule has 0 atom stereocenters. The molecule has 0 aromatic heterocycles. The molecule has 0 saturated heterocycles. The second-order valence-electron chi connectivity index (χ2n) is 6.22. The third-order valence-corrected chi connectivity index (χ3v) is 5.61. The highest BCUT2D eigenvalue weighted by atomic mass is 35.5. The van der Waals surface area contributed by atoms with Crippen molar-refractivity contribution in [2.75, 3.05) is 6.61 Å². The summed E-state index contributed by atoms with van der Waals surface area (Å²) in [4.78, 5) is 23.6. The Hall–Kier alpha value is -1.40. The van der Waals surface area contributed by atoms with Crippen LogP contribution in [0.5, 0.6) is 5.75 Å². The predicted molar refractivity (Wildman–Crippen MR) is 92.3 cm³/mol. The Morgan fingerprint density at radius 3 is 2.50 bits per heavy atom. The van der Waals surface area contributed by atoms with Crippen LogP contribution < -0.4 is 4.43 Å². The van der Waals surface area contributed by atoms with Crippen molar-refractivity contribution in [3.05, 3.63) is 28.5 Å². The van der Waals surface area contributed by atoms with Crippen molar-refractivity contribution in [1.29, 1.82) is 0 Å². The van der Waals surface area contributed by atoms with Crippen LogP contribution in [0.25, 0.3) is 0 Å². The summed E-state index contributed by atoms with van der Waals surface area (Å²) < 4.78 is 24.4. The number of benzene rings is 1. The zero-order valence-corrected chi connectivity index (χ0v) is 16.3. The van der Waals surface area contributed by atoms with E-state index in [4.69, 9.17) is 20.8 Å². The third kappa shape index (κ3) is 5.31. The van der Waals surface area contributed by atoms with E-state index >= 15 is 0 Å². The largest absolute Gasteiger partial charge is 0.539 e. The van der Waals surface area contributed by atoms with Gasteiger partial charge in [-0.05, 0) is 30.0 Å². The lowest BCUT2D eigenvalue weighted by molar-refractivity contribution is -0.141. The molecule has 1 aromatic carbocycles. The number of esters is 1. The van der Waals surface area contributed by atoms with Gasteiger partial charge in [0.1, 0.15) is 18.0 Å².